The maximum Gasteiger partial charge on any atom is 0.150 e. The van der Waals surface area contributed by atoms with Gasteiger partial charge in [0.25, 0.3) is 0 Å². The number of ether oxygens (including phenoxy) is 1. The molecule has 5 nitrogen and oxygen atoms in total. The van der Waals surface area contributed by atoms with Crippen LogP contribution < -0.4 is 0 Å². The van der Waals surface area contributed by atoms with Crippen LogP contribution in [-0.4, -0.2) is 35.8 Å². The van der Waals surface area contributed by atoms with Gasteiger partial charge in [0.15, 0.2) is 5.76 Å². The smallest absolute Gasteiger partial charge is 0.150 e. The highest BCUT2D eigenvalue weighted by Gasteiger charge is 2.19. The summed E-state index contributed by atoms with van der Waals surface area (Å²) in [7, 11) is 3.72. The highest BCUT2D eigenvalue weighted by atomic mass is 16.5. The zero-order valence-corrected chi connectivity index (χ0v) is 11.5. The van der Waals surface area contributed by atoms with E-state index >= 15 is 0 Å². The second-order valence-corrected chi connectivity index (χ2v) is 4.58. The van der Waals surface area contributed by atoms with Gasteiger partial charge in [0.05, 0.1) is 30.6 Å². The lowest BCUT2D eigenvalue weighted by atomic mass is 10.1. The van der Waals surface area contributed by atoms with Crippen molar-refractivity contribution < 1.29 is 9.26 Å². The van der Waals surface area contributed by atoms with Crippen LogP contribution in [0.2, 0.25) is 0 Å². The Morgan fingerprint density at radius 3 is 2.84 bits per heavy atom. The van der Waals surface area contributed by atoms with Crippen molar-refractivity contribution in [3.8, 4) is 0 Å². The lowest BCUT2D eigenvalue weighted by molar-refractivity contribution is 0.0943. The summed E-state index contributed by atoms with van der Waals surface area (Å²) in [5.74, 6) is 0.844. The summed E-state index contributed by atoms with van der Waals surface area (Å²) in [5, 5.41) is 3.90. The Morgan fingerprint density at radius 2 is 2.26 bits per heavy atom. The van der Waals surface area contributed by atoms with Gasteiger partial charge in [-0.15, -0.1) is 0 Å². The van der Waals surface area contributed by atoms with Crippen LogP contribution in [-0.2, 0) is 11.3 Å². The van der Waals surface area contributed by atoms with E-state index in [1.807, 2.05) is 38.2 Å². The molecule has 0 saturated carbocycles. The molecule has 2 heterocycles. The van der Waals surface area contributed by atoms with Crippen molar-refractivity contribution in [2.45, 2.75) is 19.5 Å². The maximum atomic E-state index is 5.29. The van der Waals surface area contributed by atoms with E-state index in [-0.39, 0.29) is 6.04 Å². The van der Waals surface area contributed by atoms with E-state index in [9.17, 15) is 0 Å². The molecule has 0 aliphatic rings. The van der Waals surface area contributed by atoms with E-state index in [0.29, 0.717) is 13.2 Å². The molecule has 0 unspecified atom stereocenters. The van der Waals surface area contributed by atoms with Crippen LogP contribution in [0.5, 0.6) is 0 Å². The first-order valence-electron chi connectivity index (χ1n) is 6.23. The van der Waals surface area contributed by atoms with Crippen molar-refractivity contribution in [2.24, 2.45) is 0 Å². The summed E-state index contributed by atoms with van der Waals surface area (Å²) in [6, 6.07) is 7.94. The van der Waals surface area contributed by atoms with Crippen molar-refractivity contribution in [1.29, 1.82) is 0 Å². The molecule has 0 N–H and O–H groups in total. The minimum atomic E-state index is 0.0941. The van der Waals surface area contributed by atoms with E-state index in [2.05, 4.69) is 15.0 Å². The Hall–Kier alpha value is -1.72. The first-order valence-corrected chi connectivity index (χ1v) is 6.23. The summed E-state index contributed by atoms with van der Waals surface area (Å²) in [6.45, 7) is 3.17. The number of nitrogens with zero attached hydrogens (tertiary/aromatic N) is 3. The second kappa shape index (κ2) is 6.45. The molecule has 0 fully saturated rings. The van der Waals surface area contributed by atoms with Gasteiger partial charge in [-0.2, -0.15) is 0 Å². The van der Waals surface area contributed by atoms with Gasteiger partial charge in [0.1, 0.15) is 0 Å². The van der Waals surface area contributed by atoms with Crippen LogP contribution in [0.4, 0.5) is 0 Å². The number of likely N-dealkylation sites (N-methyl/N-ethyl adjacent to an activating group) is 1. The van der Waals surface area contributed by atoms with Gasteiger partial charge < -0.3 is 9.26 Å². The minimum absolute atomic E-state index is 0.0941. The number of hydrogen-bond acceptors (Lipinski definition) is 5. The van der Waals surface area contributed by atoms with E-state index in [1.165, 1.54) is 0 Å². The van der Waals surface area contributed by atoms with Gasteiger partial charge in [-0.25, -0.2) is 0 Å². The predicted molar refractivity (Wildman–Crippen MR) is 71.6 cm³/mol. The summed E-state index contributed by atoms with van der Waals surface area (Å²) < 4.78 is 10.5. The molecule has 0 aromatic carbocycles. The predicted octanol–water partition coefficient (Wildman–Crippen LogP) is 2.20. The summed E-state index contributed by atoms with van der Waals surface area (Å²) in [4.78, 5) is 6.54. The van der Waals surface area contributed by atoms with Crippen molar-refractivity contribution >= 4 is 0 Å². The lowest BCUT2D eigenvalue weighted by Crippen LogP contribution is -2.28. The molecule has 102 valence electrons. The number of aromatic nitrogens is 2. The molecular formula is C14H19N3O2. The maximum absolute atomic E-state index is 5.29. The van der Waals surface area contributed by atoms with Crippen LogP contribution in [0.3, 0.4) is 0 Å². The first-order chi connectivity index (χ1) is 9.20. The summed E-state index contributed by atoms with van der Waals surface area (Å²) in [5.41, 5.74) is 1.88. The van der Waals surface area contributed by atoms with E-state index in [0.717, 1.165) is 17.1 Å². The van der Waals surface area contributed by atoms with Crippen LogP contribution in [0, 0.1) is 6.92 Å². The third-order valence-corrected chi connectivity index (χ3v) is 2.97. The molecule has 0 bridgehead atoms. The fourth-order valence-electron chi connectivity index (χ4n) is 2.02. The SMILES string of the molecule is COC[C@H](c1ccccn1)N(C)Cc1cc(C)no1. The molecule has 19 heavy (non-hydrogen) atoms. The number of methoxy groups -OCH3 is 1. The lowest BCUT2D eigenvalue weighted by Gasteiger charge is -2.25. The van der Waals surface area contributed by atoms with Crippen molar-refractivity contribution in [1.82, 2.24) is 15.0 Å². The highest BCUT2D eigenvalue weighted by Crippen LogP contribution is 2.19. The van der Waals surface area contributed by atoms with Crippen molar-refractivity contribution in [2.75, 3.05) is 20.8 Å². The van der Waals surface area contributed by atoms with Gasteiger partial charge in [-0.3, -0.25) is 9.88 Å². The molecule has 2 aromatic heterocycles. The Bertz CT molecular complexity index is 498. The molecule has 2 aromatic rings. The summed E-state index contributed by atoms with van der Waals surface area (Å²) in [6.07, 6.45) is 1.80. The molecule has 0 radical (unpaired) electrons. The van der Waals surface area contributed by atoms with Crippen molar-refractivity contribution in [3.63, 3.8) is 0 Å². The normalized spacial score (nSPS) is 12.8. The third kappa shape index (κ3) is 3.62. The minimum Gasteiger partial charge on any atom is -0.383 e. The molecular weight excluding hydrogens is 242 g/mol. The number of rotatable bonds is 6. The van der Waals surface area contributed by atoms with Gasteiger partial charge in [-0.1, -0.05) is 11.2 Å². The molecule has 0 aliphatic carbocycles. The molecule has 0 spiro atoms. The number of hydrogen-bond donors (Lipinski definition) is 0. The Balaban J connectivity index is 2.10. The van der Waals surface area contributed by atoms with Crippen LogP contribution >= 0.6 is 0 Å². The molecule has 5 heteroatoms. The van der Waals surface area contributed by atoms with Crippen molar-refractivity contribution in [3.05, 3.63) is 47.6 Å². The van der Waals surface area contributed by atoms with E-state index in [1.54, 1.807) is 13.3 Å². The Kier molecular flexibility index (Phi) is 4.65. The topological polar surface area (TPSA) is 51.4 Å². The third-order valence-electron chi connectivity index (χ3n) is 2.97. The van der Waals surface area contributed by atoms with Gasteiger partial charge >= 0.3 is 0 Å². The first kappa shape index (κ1) is 13.7. The zero-order chi connectivity index (χ0) is 13.7. The number of pyridine rings is 1. The average molecular weight is 261 g/mol. The average Bonchev–Trinajstić information content (AvgIpc) is 2.82. The Morgan fingerprint density at radius 1 is 1.42 bits per heavy atom. The van der Waals surface area contributed by atoms with Gasteiger partial charge in [-0.05, 0) is 26.1 Å². The zero-order valence-electron chi connectivity index (χ0n) is 11.5. The molecule has 0 saturated heterocycles. The van der Waals surface area contributed by atoms with Gasteiger partial charge in [0.2, 0.25) is 0 Å². The summed E-state index contributed by atoms with van der Waals surface area (Å²) >= 11 is 0. The van der Waals surface area contributed by atoms with Gasteiger partial charge in [0, 0.05) is 19.4 Å². The second-order valence-electron chi connectivity index (χ2n) is 4.58. The van der Waals surface area contributed by atoms with Crippen LogP contribution in [0.25, 0.3) is 0 Å². The highest BCUT2D eigenvalue weighted by molar-refractivity contribution is 5.10. The molecule has 2 rings (SSSR count). The fraction of sp³-hybridized carbons (Fsp3) is 0.429. The monoisotopic (exact) mass is 261 g/mol. The number of aryl methyl sites for hydroxylation is 1. The molecule has 1 atom stereocenters. The molecule has 0 amide bonds. The van der Waals surface area contributed by atoms with E-state index < -0.39 is 0 Å². The fourth-order valence-corrected chi connectivity index (χ4v) is 2.02. The standard InChI is InChI=1S/C14H19N3O2/c1-11-8-12(19-16-11)9-17(2)14(10-18-3)13-6-4-5-7-15-13/h4-8,14H,9-10H2,1-3H3/t14-/m1/s1. The van der Waals surface area contributed by atoms with E-state index in [4.69, 9.17) is 9.26 Å². The quantitative estimate of drug-likeness (QED) is 0.798. The van der Waals surface area contributed by atoms with Crippen LogP contribution in [0.15, 0.2) is 35.0 Å². The van der Waals surface area contributed by atoms with Crippen LogP contribution in [0.1, 0.15) is 23.2 Å². The Labute approximate surface area is 113 Å². The largest absolute Gasteiger partial charge is 0.383 e. The molecule has 0 aliphatic heterocycles.